The SMILES string of the molecule is O=C(NCc1ccccc1)c1cc(O)ccc1F. The Morgan fingerprint density at radius 2 is 1.89 bits per heavy atom. The van der Waals surface area contributed by atoms with Gasteiger partial charge < -0.3 is 10.4 Å². The number of benzene rings is 2. The second kappa shape index (κ2) is 5.31. The van der Waals surface area contributed by atoms with E-state index in [9.17, 15) is 14.3 Å². The largest absolute Gasteiger partial charge is 0.508 e. The minimum absolute atomic E-state index is 0.138. The Bertz CT molecular complexity index is 555. The third-order valence-corrected chi connectivity index (χ3v) is 2.49. The number of halogens is 1. The zero-order valence-electron chi connectivity index (χ0n) is 9.56. The third kappa shape index (κ3) is 2.85. The molecule has 0 bridgehead atoms. The molecule has 0 saturated carbocycles. The summed E-state index contributed by atoms with van der Waals surface area (Å²) in [6, 6.07) is 12.7. The van der Waals surface area contributed by atoms with Crippen LogP contribution in [0.2, 0.25) is 0 Å². The van der Waals surface area contributed by atoms with Crippen LogP contribution in [-0.2, 0) is 6.54 Å². The number of carbonyl (C=O) groups is 1. The van der Waals surface area contributed by atoms with Crippen LogP contribution >= 0.6 is 0 Å². The minimum Gasteiger partial charge on any atom is -0.508 e. The summed E-state index contributed by atoms with van der Waals surface area (Å²) < 4.78 is 13.4. The molecule has 0 heterocycles. The minimum atomic E-state index is -0.654. The maximum atomic E-state index is 13.4. The van der Waals surface area contributed by atoms with Gasteiger partial charge in [-0.2, -0.15) is 0 Å². The van der Waals surface area contributed by atoms with Crippen LogP contribution in [0.25, 0.3) is 0 Å². The smallest absolute Gasteiger partial charge is 0.254 e. The van der Waals surface area contributed by atoms with Crippen molar-refractivity contribution in [1.29, 1.82) is 0 Å². The lowest BCUT2D eigenvalue weighted by Gasteiger charge is -2.06. The van der Waals surface area contributed by atoms with Crippen molar-refractivity contribution in [3.63, 3.8) is 0 Å². The summed E-state index contributed by atoms with van der Waals surface area (Å²) in [6.07, 6.45) is 0. The first-order valence-corrected chi connectivity index (χ1v) is 5.47. The molecule has 0 aliphatic rings. The van der Waals surface area contributed by atoms with Crippen molar-refractivity contribution >= 4 is 5.91 Å². The zero-order chi connectivity index (χ0) is 13.0. The van der Waals surface area contributed by atoms with E-state index < -0.39 is 11.7 Å². The molecule has 2 aromatic rings. The van der Waals surface area contributed by atoms with Gasteiger partial charge in [-0.15, -0.1) is 0 Å². The van der Waals surface area contributed by atoms with Gasteiger partial charge in [-0.25, -0.2) is 4.39 Å². The lowest BCUT2D eigenvalue weighted by atomic mass is 10.1. The molecule has 2 aromatic carbocycles. The summed E-state index contributed by atoms with van der Waals surface area (Å²) in [5.74, 6) is -1.34. The Balaban J connectivity index is 2.06. The van der Waals surface area contributed by atoms with Crippen LogP contribution < -0.4 is 5.32 Å². The molecule has 0 atom stereocenters. The van der Waals surface area contributed by atoms with E-state index in [1.807, 2.05) is 30.3 Å². The summed E-state index contributed by atoms with van der Waals surface area (Å²) in [7, 11) is 0. The van der Waals surface area contributed by atoms with E-state index in [0.717, 1.165) is 17.7 Å². The number of nitrogens with one attached hydrogen (secondary N) is 1. The molecule has 1 amide bonds. The summed E-state index contributed by atoms with van der Waals surface area (Å²) >= 11 is 0. The highest BCUT2D eigenvalue weighted by molar-refractivity contribution is 5.94. The van der Waals surface area contributed by atoms with Crippen molar-refractivity contribution in [1.82, 2.24) is 5.32 Å². The number of amides is 1. The molecule has 4 heteroatoms. The van der Waals surface area contributed by atoms with Crippen LogP contribution in [0.4, 0.5) is 4.39 Å². The highest BCUT2D eigenvalue weighted by Crippen LogP contribution is 2.15. The molecule has 2 N–H and O–H groups in total. The molecule has 0 fully saturated rings. The van der Waals surface area contributed by atoms with E-state index in [-0.39, 0.29) is 11.3 Å². The number of hydrogen-bond donors (Lipinski definition) is 2. The molecule has 0 unspecified atom stereocenters. The van der Waals surface area contributed by atoms with E-state index in [2.05, 4.69) is 5.32 Å². The summed E-state index contributed by atoms with van der Waals surface area (Å²) in [4.78, 5) is 11.7. The fourth-order valence-electron chi connectivity index (χ4n) is 1.56. The normalized spacial score (nSPS) is 10.1. The molecule has 3 nitrogen and oxygen atoms in total. The Kier molecular flexibility index (Phi) is 3.57. The standard InChI is InChI=1S/C14H12FNO2/c15-13-7-6-11(17)8-12(13)14(18)16-9-10-4-2-1-3-5-10/h1-8,17H,9H2,(H,16,18). The van der Waals surface area contributed by atoms with Crippen LogP contribution in [0.1, 0.15) is 15.9 Å². The number of hydrogen-bond acceptors (Lipinski definition) is 2. The average Bonchev–Trinajstić information content (AvgIpc) is 2.40. The van der Waals surface area contributed by atoms with Crippen molar-refractivity contribution in [2.24, 2.45) is 0 Å². The maximum Gasteiger partial charge on any atom is 0.254 e. The van der Waals surface area contributed by atoms with Crippen LogP contribution in [0.15, 0.2) is 48.5 Å². The van der Waals surface area contributed by atoms with Crippen LogP contribution in [0.3, 0.4) is 0 Å². The molecule has 0 spiro atoms. The number of phenols is 1. The monoisotopic (exact) mass is 245 g/mol. The molecule has 2 rings (SSSR count). The van der Waals surface area contributed by atoms with E-state index in [1.165, 1.54) is 6.07 Å². The van der Waals surface area contributed by atoms with E-state index >= 15 is 0 Å². The van der Waals surface area contributed by atoms with Crippen molar-refractivity contribution in [3.05, 3.63) is 65.5 Å². The van der Waals surface area contributed by atoms with Gasteiger partial charge in [0.25, 0.3) is 5.91 Å². The van der Waals surface area contributed by atoms with Crippen molar-refractivity contribution in [2.75, 3.05) is 0 Å². The Hall–Kier alpha value is -2.36. The summed E-state index contributed by atoms with van der Waals surface area (Å²) in [5.41, 5.74) is 0.761. The predicted octanol–water partition coefficient (Wildman–Crippen LogP) is 2.46. The number of carbonyl (C=O) groups excluding carboxylic acids is 1. The van der Waals surface area contributed by atoms with Crippen LogP contribution in [-0.4, -0.2) is 11.0 Å². The molecule has 0 saturated heterocycles. The Morgan fingerprint density at radius 1 is 1.17 bits per heavy atom. The average molecular weight is 245 g/mol. The topological polar surface area (TPSA) is 49.3 Å². The van der Waals surface area contributed by atoms with Gasteiger partial charge in [-0.1, -0.05) is 30.3 Å². The van der Waals surface area contributed by atoms with Gasteiger partial charge in [0.15, 0.2) is 0 Å². The van der Waals surface area contributed by atoms with Crippen molar-refractivity contribution in [3.8, 4) is 5.75 Å². The number of aromatic hydroxyl groups is 1. The first kappa shape index (κ1) is 12.1. The molecule has 0 aliphatic carbocycles. The first-order chi connectivity index (χ1) is 8.66. The predicted molar refractivity (Wildman–Crippen MR) is 65.7 cm³/mol. The van der Waals surface area contributed by atoms with E-state index in [1.54, 1.807) is 0 Å². The quantitative estimate of drug-likeness (QED) is 0.872. The van der Waals surface area contributed by atoms with Crippen LogP contribution in [0.5, 0.6) is 5.75 Å². The summed E-state index contributed by atoms with van der Waals surface area (Å²) in [5, 5.41) is 11.8. The fourth-order valence-corrected chi connectivity index (χ4v) is 1.56. The maximum absolute atomic E-state index is 13.4. The second-order valence-corrected chi connectivity index (χ2v) is 3.83. The van der Waals surface area contributed by atoms with E-state index in [0.29, 0.717) is 6.54 Å². The van der Waals surface area contributed by atoms with Gasteiger partial charge in [-0.05, 0) is 23.8 Å². The second-order valence-electron chi connectivity index (χ2n) is 3.83. The third-order valence-electron chi connectivity index (χ3n) is 2.49. The van der Waals surface area contributed by atoms with Gasteiger partial charge in [0, 0.05) is 6.54 Å². The molecule has 0 radical (unpaired) electrons. The van der Waals surface area contributed by atoms with Gasteiger partial charge in [-0.3, -0.25) is 4.79 Å². The summed E-state index contributed by atoms with van der Waals surface area (Å²) in [6.45, 7) is 0.314. The Labute approximate surface area is 104 Å². The van der Waals surface area contributed by atoms with Crippen molar-refractivity contribution < 1.29 is 14.3 Å². The molecule has 92 valence electrons. The van der Waals surface area contributed by atoms with Gasteiger partial charge in [0.05, 0.1) is 5.56 Å². The molecular weight excluding hydrogens is 233 g/mol. The van der Waals surface area contributed by atoms with Crippen molar-refractivity contribution in [2.45, 2.75) is 6.54 Å². The molecule has 18 heavy (non-hydrogen) atoms. The first-order valence-electron chi connectivity index (χ1n) is 5.47. The van der Waals surface area contributed by atoms with Gasteiger partial charge in [0.2, 0.25) is 0 Å². The molecule has 0 aromatic heterocycles. The van der Waals surface area contributed by atoms with Crippen LogP contribution in [0, 0.1) is 5.82 Å². The Morgan fingerprint density at radius 3 is 2.61 bits per heavy atom. The number of rotatable bonds is 3. The van der Waals surface area contributed by atoms with E-state index in [4.69, 9.17) is 0 Å². The molecule has 0 aliphatic heterocycles. The lowest BCUT2D eigenvalue weighted by molar-refractivity contribution is 0.0946. The van der Waals surface area contributed by atoms with Gasteiger partial charge >= 0.3 is 0 Å². The van der Waals surface area contributed by atoms with Gasteiger partial charge in [0.1, 0.15) is 11.6 Å². The molecular formula is C14H12FNO2. The zero-order valence-corrected chi connectivity index (χ0v) is 9.56. The highest BCUT2D eigenvalue weighted by Gasteiger charge is 2.11. The highest BCUT2D eigenvalue weighted by atomic mass is 19.1. The fraction of sp³-hybridized carbons (Fsp3) is 0.0714. The lowest BCUT2D eigenvalue weighted by Crippen LogP contribution is -2.23. The number of phenolic OH excluding ortho intramolecular Hbond substituents is 1.